The van der Waals surface area contributed by atoms with E-state index in [9.17, 15) is 23.1 Å². The van der Waals surface area contributed by atoms with E-state index in [0.717, 1.165) is 0 Å². The molecule has 0 radical (unpaired) electrons. The summed E-state index contributed by atoms with van der Waals surface area (Å²) in [5.41, 5.74) is -3.02. The molecule has 1 saturated heterocycles. The zero-order valence-electron chi connectivity index (χ0n) is 10.2. The topological polar surface area (TPSA) is 71.5 Å². The molecule has 2 heterocycles. The Kier molecular flexibility index (Phi) is 3.85. The molecular weight excluding hydrogens is 279 g/mol. The average molecular weight is 290 g/mol. The highest BCUT2D eigenvalue weighted by Crippen LogP contribution is 2.49. The van der Waals surface area contributed by atoms with E-state index in [0.29, 0.717) is 0 Å². The second kappa shape index (κ2) is 5.28. The zero-order valence-corrected chi connectivity index (χ0v) is 10.2. The first-order chi connectivity index (χ1) is 9.37. The molecule has 5 nitrogen and oxygen atoms in total. The number of carboxylic acid groups (broad SMARTS) is 1. The molecule has 2 atom stereocenters. The third-order valence-electron chi connectivity index (χ3n) is 3.10. The van der Waals surface area contributed by atoms with Gasteiger partial charge >= 0.3 is 6.18 Å². The molecule has 110 valence electrons. The molecule has 8 heteroatoms. The molecule has 0 saturated carbocycles. The van der Waals surface area contributed by atoms with Crippen molar-refractivity contribution in [2.24, 2.45) is 0 Å². The molecule has 0 N–H and O–H groups in total. The average Bonchev–Trinajstić information content (AvgIpc) is 2.38. The molecule has 2 rings (SSSR count). The van der Waals surface area contributed by atoms with E-state index in [1.807, 2.05) is 0 Å². The highest BCUT2D eigenvalue weighted by atomic mass is 19.4. The van der Waals surface area contributed by atoms with Crippen molar-refractivity contribution >= 4 is 6.16 Å². The van der Waals surface area contributed by atoms with Crippen molar-refractivity contribution in [2.45, 2.75) is 30.7 Å². The zero-order chi connectivity index (χ0) is 14.8. The van der Waals surface area contributed by atoms with Crippen LogP contribution in [0.15, 0.2) is 24.4 Å². The number of halogens is 3. The Balaban J connectivity index is 2.47. The van der Waals surface area contributed by atoms with Gasteiger partial charge in [0.2, 0.25) is 0 Å². The lowest BCUT2D eigenvalue weighted by molar-refractivity contribution is -0.358. The van der Waals surface area contributed by atoms with E-state index in [-0.39, 0.29) is 18.7 Å². The van der Waals surface area contributed by atoms with Gasteiger partial charge in [0, 0.05) is 12.8 Å². The van der Waals surface area contributed by atoms with E-state index in [2.05, 4.69) is 9.72 Å². The van der Waals surface area contributed by atoms with Crippen LogP contribution in [0.2, 0.25) is 0 Å². The van der Waals surface area contributed by atoms with Crippen LogP contribution in [-0.4, -0.2) is 29.5 Å². The number of rotatable bonds is 2. The summed E-state index contributed by atoms with van der Waals surface area (Å²) in [6.07, 6.45) is -8.03. The van der Waals surface area contributed by atoms with Crippen molar-refractivity contribution in [3.8, 4) is 0 Å². The summed E-state index contributed by atoms with van der Waals surface area (Å²) < 4.78 is 49.3. The Morgan fingerprint density at radius 1 is 1.50 bits per heavy atom. The number of carbonyl (C=O) groups is 1. The van der Waals surface area contributed by atoms with Crippen LogP contribution in [0.25, 0.3) is 0 Å². The first kappa shape index (κ1) is 14.6. The molecule has 1 aromatic heterocycles. The van der Waals surface area contributed by atoms with Gasteiger partial charge in [-0.15, -0.1) is 0 Å². The molecule has 0 amide bonds. The fourth-order valence-electron chi connectivity index (χ4n) is 2.26. The summed E-state index contributed by atoms with van der Waals surface area (Å²) >= 11 is 0. The molecule has 20 heavy (non-hydrogen) atoms. The van der Waals surface area contributed by atoms with Crippen LogP contribution < -0.4 is 5.11 Å². The van der Waals surface area contributed by atoms with Crippen molar-refractivity contribution in [1.29, 1.82) is 0 Å². The van der Waals surface area contributed by atoms with Gasteiger partial charge in [-0.3, -0.25) is 4.98 Å². The maximum Gasteiger partial charge on any atom is 0.414 e. The lowest BCUT2D eigenvalue weighted by Crippen LogP contribution is -2.57. The largest absolute Gasteiger partial charge is 0.530 e. The van der Waals surface area contributed by atoms with E-state index in [4.69, 9.17) is 4.74 Å². The highest BCUT2D eigenvalue weighted by Gasteiger charge is 2.61. The fraction of sp³-hybridized carbons (Fsp3) is 0.500. The SMILES string of the molecule is O=C([O-])OC1(C(F)(F)F)CCCOC1c1ccccn1. The number of hydrogen-bond acceptors (Lipinski definition) is 5. The van der Waals surface area contributed by atoms with Crippen molar-refractivity contribution in [3.05, 3.63) is 30.1 Å². The first-order valence-electron chi connectivity index (χ1n) is 5.86. The van der Waals surface area contributed by atoms with Crippen LogP contribution in [0.4, 0.5) is 18.0 Å². The molecule has 0 aliphatic carbocycles. The van der Waals surface area contributed by atoms with E-state index in [1.165, 1.54) is 24.4 Å². The van der Waals surface area contributed by atoms with Crippen molar-refractivity contribution in [1.82, 2.24) is 4.98 Å². The van der Waals surface area contributed by atoms with Gasteiger partial charge in [0.25, 0.3) is 6.16 Å². The monoisotopic (exact) mass is 290 g/mol. The maximum atomic E-state index is 13.4. The Hall–Kier alpha value is -1.83. The quantitative estimate of drug-likeness (QED) is 0.773. The van der Waals surface area contributed by atoms with Gasteiger partial charge in [0.1, 0.15) is 6.10 Å². The summed E-state index contributed by atoms with van der Waals surface area (Å²) in [7, 11) is 0. The lowest BCUT2D eigenvalue weighted by atomic mass is 9.85. The highest BCUT2D eigenvalue weighted by molar-refractivity contribution is 5.55. The third kappa shape index (κ3) is 2.55. The minimum absolute atomic E-state index is 0.0239. The van der Waals surface area contributed by atoms with Gasteiger partial charge in [0.05, 0.1) is 5.69 Å². The number of alkyl halides is 3. The molecule has 1 aliphatic rings. The summed E-state index contributed by atoms with van der Waals surface area (Å²) in [6.45, 7) is 0.0650. The number of aromatic nitrogens is 1. The second-order valence-electron chi connectivity index (χ2n) is 4.35. The summed E-state index contributed by atoms with van der Waals surface area (Å²) in [5, 5.41) is 10.6. The number of hydrogen-bond donors (Lipinski definition) is 0. The van der Waals surface area contributed by atoms with Crippen LogP contribution in [0.3, 0.4) is 0 Å². The molecule has 1 fully saturated rings. The predicted molar refractivity (Wildman–Crippen MR) is 57.4 cm³/mol. The number of pyridine rings is 1. The summed E-state index contributed by atoms with van der Waals surface area (Å²) in [6, 6.07) is 4.34. The number of nitrogens with zero attached hydrogens (tertiary/aromatic N) is 1. The van der Waals surface area contributed by atoms with Gasteiger partial charge in [-0.2, -0.15) is 13.2 Å². The van der Waals surface area contributed by atoms with Gasteiger partial charge in [-0.05, 0) is 25.0 Å². The van der Waals surface area contributed by atoms with Gasteiger partial charge in [-0.1, -0.05) is 6.07 Å². The first-order valence-corrected chi connectivity index (χ1v) is 5.86. The minimum atomic E-state index is -4.93. The summed E-state index contributed by atoms with van der Waals surface area (Å²) in [5.74, 6) is 0. The molecule has 0 spiro atoms. The van der Waals surface area contributed by atoms with Crippen molar-refractivity contribution in [2.75, 3.05) is 6.61 Å². The van der Waals surface area contributed by atoms with Crippen LogP contribution in [-0.2, 0) is 9.47 Å². The van der Waals surface area contributed by atoms with E-state index >= 15 is 0 Å². The molecule has 2 unspecified atom stereocenters. The fourth-order valence-corrected chi connectivity index (χ4v) is 2.26. The van der Waals surface area contributed by atoms with Crippen molar-refractivity contribution in [3.63, 3.8) is 0 Å². The second-order valence-corrected chi connectivity index (χ2v) is 4.35. The van der Waals surface area contributed by atoms with Gasteiger partial charge in [-0.25, -0.2) is 0 Å². The van der Waals surface area contributed by atoms with E-state index in [1.54, 1.807) is 0 Å². The number of carbonyl (C=O) groups excluding carboxylic acids is 1. The van der Waals surface area contributed by atoms with Crippen LogP contribution >= 0.6 is 0 Å². The van der Waals surface area contributed by atoms with Crippen LogP contribution in [0.1, 0.15) is 24.6 Å². The smallest absolute Gasteiger partial charge is 0.414 e. The molecule has 0 bridgehead atoms. The summed E-state index contributed by atoms with van der Waals surface area (Å²) in [4.78, 5) is 14.4. The standard InChI is InChI=1S/C12H12F3NO4/c13-12(14,15)11(20-10(17)18)5-3-7-19-9(11)8-4-1-2-6-16-8/h1-2,4,6,9H,3,5,7H2,(H,17,18)/p-1. The van der Waals surface area contributed by atoms with Crippen LogP contribution in [0, 0.1) is 0 Å². The molecular formula is C12H11F3NO4-. The van der Waals surface area contributed by atoms with Crippen molar-refractivity contribution < 1.29 is 32.5 Å². The third-order valence-corrected chi connectivity index (χ3v) is 3.10. The maximum absolute atomic E-state index is 13.4. The molecule has 1 aromatic rings. The Bertz CT molecular complexity index is 479. The lowest BCUT2D eigenvalue weighted by Gasteiger charge is -2.46. The van der Waals surface area contributed by atoms with Gasteiger partial charge in [0.15, 0.2) is 5.60 Å². The van der Waals surface area contributed by atoms with Gasteiger partial charge < -0.3 is 19.4 Å². The normalized spacial score (nSPS) is 27.1. The Labute approximate surface area is 112 Å². The number of ether oxygens (including phenoxy) is 2. The molecule has 0 aromatic carbocycles. The Morgan fingerprint density at radius 3 is 2.80 bits per heavy atom. The Morgan fingerprint density at radius 2 is 2.25 bits per heavy atom. The molecule has 1 aliphatic heterocycles. The minimum Gasteiger partial charge on any atom is -0.530 e. The van der Waals surface area contributed by atoms with E-state index < -0.39 is 30.5 Å². The van der Waals surface area contributed by atoms with Crippen LogP contribution in [0.5, 0.6) is 0 Å². The predicted octanol–water partition coefficient (Wildman–Crippen LogP) is 1.59.